The number of sulfonamides is 1. The molecule has 2 aromatic carbocycles. The summed E-state index contributed by atoms with van der Waals surface area (Å²) in [4.78, 5) is -0.192. The van der Waals surface area contributed by atoms with Crippen molar-refractivity contribution in [3.8, 4) is 22.6 Å². The molecule has 0 aliphatic rings. The third-order valence-electron chi connectivity index (χ3n) is 4.95. The number of nitrogens with zero attached hydrogens (tertiary/aromatic N) is 1. The van der Waals surface area contributed by atoms with Crippen molar-refractivity contribution < 1.29 is 23.7 Å². The van der Waals surface area contributed by atoms with E-state index < -0.39 is 15.8 Å². The number of alkyl halides is 1. The minimum absolute atomic E-state index is 0.0809. The second kappa shape index (κ2) is 11.1. The van der Waals surface area contributed by atoms with Crippen molar-refractivity contribution in [3.63, 3.8) is 0 Å². The smallest absolute Gasteiger partial charge is 0.247 e. The van der Waals surface area contributed by atoms with Crippen LogP contribution in [-0.4, -0.2) is 53.1 Å². The molecule has 2 aromatic rings. The summed E-state index contributed by atoms with van der Waals surface area (Å²) < 4.78 is 28.2. The summed E-state index contributed by atoms with van der Waals surface area (Å²) in [6.07, 6.45) is 3.02. The Morgan fingerprint density at radius 3 is 2.43 bits per heavy atom. The second-order valence-electron chi connectivity index (χ2n) is 7.25. The molecular formula is C22H30BrNO5S. The van der Waals surface area contributed by atoms with Crippen LogP contribution in [0.5, 0.6) is 11.5 Å². The zero-order valence-corrected chi connectivity index (χ0v) is 19.8. The molecule has 0 saturated heterocycles. The van der Waals surface area contributed by atoms with Crippen LogP contribution >= 0.6 is 15.9 Å². The van der Waals surface area contributed by atoms with E-state index in [1.165, 1.54) is 6.07 Å². The number of hydrogen-bond donors (Lipinski definition) is 3. The number of rotatable bonds is 11. The van der Waals surface area contributed by atoms with Crippen molar-refractivity contribution in [2.45, 2.75) is 44.4 Å². The van der Waals surface area contributed by atoms with Crippen LogP contribution in [0.4, 0.5) is 0 Å². The first-order valence-corrected chi connectivity index (χ1v) is 12.7. The van der Waals surface area contributed by atoms with E-state index in [4.69, 9.17) is 0 Å². The van der Waals surface area contributed by atoms with Gasteiger partial charge in [-0.25, -0.2) is 8.42 Å². The van der Waals surface area contributed by atoms with E-state index in [1.54, 1.807) is 18.2 Å². The summed E-state index contributed by atoms with van der Waals surface area (Å²) in [5.41, 5.74) is 1.94. The van der Waals surface area contributed by atoms with Crippen molar-refractivity contribution in [1.29, 1.82) is 0 Å². The molecule has 0 aliphatic heterocycles. The lowest BCUT2D eigenvalue weighted by molar-refractivity contribution is 0.257. The summed E-state index contributed by atoms with van der Waals surface area (Å²) in [5, 5.41) is 31.6. The number of phenolic OH excluding ortho intramolecular Hbond substituents is 2. The van der Waals surface area contributed by atoms with Gasteiger partial charge in [-0.05, 0) is 37.0 Å². The van der Waals surface area contributed by atoms with E-state index >= 15 is 0 Å². The first-order valence-electron chi connectivity index (χ1n) is 10.1. The number of hydrogen-bond acceptors (Lipinski definition) is 5. The minimum Gasteiger partial charge on any atom is -0.507 e. The van der Waals surface area contributed by atoms with Crippen LogP contribution in [0.2, 0.25) is 0 Å². The zero-order valence-electron chi connectivity index (χ0n) is 17.4. The van der Waals surface area contributed by atoms with Crippen LogP contribution < -0.4 is 0 Å². The van der Waals surface area contributed by atoms with Gasteiger partial charge in [0.25, 0.3) is 0 Å². The molecule has 0 amide bonds. The van der Waals surface area contributed by atoms with Crippen molar-refractivity contribution in [2.24, 2.45) is 0 Å². The van der Waals surface area contributed by atoms with Crippen molar-refractivity contribution in [1.82, 2.24) is 4.31 Å². The van der Waals surface area contributed by atoms with E-state index in [1.807, 2.05) is 19.9 Å². The van der Waals surface area contributed by atoms with Gasteiger partial charge in [-0.3, -0.25) is 0 Å². The second-order valence-corrected chi connectivity index (χ2v) is 9.92. The normalized spacial score (nSPS) is 11.9. The molecule has 8 heteroatoms. The number of benzene rings is 2. The molecule has 30 heavy (non-hydrogen) atoms. The third-order valence-corrected chi connectivity index (χ3v) is 7.32. The standard InChI is InChI=1S/C22H30BrNO5S/c1-3-4-5-8-18-15-19(26)20(17-9-6-7-16(2)14-17)21(27)22(18)30(28,29)24(11-10-23)12-13-25/h6-7,9,14-15,25-27H,3-5,8,10-13H2,1-2H3. The average Bonchev–Trinajstić information content (AvgIpc) is 2.67. The van der Waals surface area contributed by atoms with Crippen LogP contribution in [0.25, 0.3) is 11.1 Å². The summed E-state index contributed by atoms with van der Waals surface area (Å²) in [7, 11) is -4.10. The minimum atomic E-state index is -4.10. The van der Waals surface area contributed by atoms with Gasteiger partial charge in [0.15, 0.2) is 0 Å². The third kappa shape index (κ3) is 5.55. The number of aromatic hydroxyl groups is 2. The highest BCUT2D eigenvalue weighted by molar-refractivity contribution is 9.09. The number of aryl methyl sites for hydroxylation is 2. The Bertz CT molecular complexity index is 956. The predicted molar refractivity (Wildman–Crippen MR) is 123 cm³/mol. The Balaban J connectivity index is 2.74. The molecular weight excluding hydrogens is 470 g/mol. The average molecular weight is 500 g/mol. The molecule has 0 heterocycles. The number of halogens is 1. The molecule has 0 atom stereocenters. The number of phenols is 2. The fourth-order valence-corrected chi connectivity index (χ4v) is 5.91. The van der Waals surface area contributed by atoms with Crippen molar-refractivity contribution >= 4 is 26.0 Å². The maximum atomic E-state index is 13.5. The van der Waals surface area contributed by atoms with Gasteiger partial charge >= 0.3 is 0 Å². The van der Waals surface area contributed by atoms with Crippen LogP contribution in [0.1, 0.15) is 37.3 Å². The van der Waals surface area contributed by atoms with Gasteiger partial charge in [-0.1, -0.05) is 65.5 Å². The van der Waals surface area contributed by atoms with Crippen LogP contribution in [0, 0.1) is 6.92 Å². The van der Waals surface area contributed by atoms with E-state index in [2.05, 4.69) is 15.9 Å². The molecule has 0 radical (unpaired) electrons. The van der Waals surface area contributed by atoms with Gasteiger partial charge in [-0.15, -0.1) is 0 Å². The monoisotopic (exact) mass is 499 g/mol. The summed E-state index contributed by atoms with van der Waals surface area (Å²) in [6, 6.07) is 8.62. The van der Waals surface area contributed by atoms with Crippen LogP contribution in [0.3, 0.4) is 0 Å². The fourth-order valence-electron chi connectivity index (χ4n) is 3.50. The Kier molecular flexibility index (Phi) is 9.15. The maximum absolute atomic E-state index is 13.5. The number of aliphatic hydroxyl groups is 1. The predicted octanol–water partition coefficient (Wildman–Crippen LogP) is 4.18. The molecule has 2 rings (SSSR count). The summed E-state index contributed by atoms with van der Waals surface area (Å²) in [6.45, 7) is 3.67. The summed E-state index contributed by atoms with van der Waals surface area (Å²) >= 11 is 3.25. The lowest BCUT2D eigenvalue weighted by Gasteiger charge is -2.24. The molecule has 0 fully saturated rings. The SMILES string of the molecule is CCCCCc1cc(O)c(-c2cccc(C)c2)c(O)c1S(=O)(=O)N(CCO)CCBr. The fraction of sp³-hybridized carbons (Fsp3) is 0.455. The Labute approximate surface area is 187 Å². The van der Waals surface area contributed by atoms with Gasteiger partial charge in [0.2, 0.25) is 10.0 Å². The molecule has 0 aromatic heterocycles. The zero-order chi connectivity index (χ0) is 22.3. The molecule has 0 saturated carbocycles. The van der Waals surface area contributed by atoms with Crippen molar-refractivity contribution in [2.75, 3.05) is 25.0 Å². The molecule has 166 valence electrons. The molecule has 0 spiro atoms. The Morgan fingerprint density at radius 1 is 1.10 bits per heavy atom. The first kappa shape index (κ1) is 24.7. The lowest BCUT2D eigenvalue weighted by atomic mass is 9.97. The largest absolute Gasteiger partial charge is 0.507 e. The van der Waals surface area contributed by atoms with Gasteiger partial charge in [-0.2, -0.15) is 4.31 Å². The Morgan fingerprint density at radius 2 is 1.83 bits per heavy atom. The van der Waals surface area contributed by atoms with E-state index in [0.29, 0.717) is 22.9 Å². The van der Waals surface area contributed by atoms with Gasteiger partial charge in [0.1, 0.15) is 16.4 Å². The van der Waals surface area contributed by atoms with Gasteiger partial charge in [0.05, 0.1) is 12.2 Å². The Hall–Kier alpha value is -1.61. The maximum Gasteiger partial charge on any atom is 0.247 e. The number of aliphatic hydroxyl groups excluding tert-OH is 1. The summed E-state index contributed by atoms with van der Waals surface area (Å²) in [5.74, 6) is -0.609. The first-order chi connectivity index (χ1) is 14.3. The quantitative estimate of drug-likeness (QED) is 0.318. The van der Waals surface area contributed by atoms with E-state index in [9.17, 15) is 23.7 Å². The van der Waals surface area contributed by atoms with Gasteiger partial charge in [0, 0.05) is 18.4 Å². The number of unbranched alkanes of at least 4 members (excludes halogenated alkanes) is 2. The topological polar surface area (TPSA) is 98.1 Å². The van der Waals surface area contributed by atoms with Crippen LogP contribution in [-0.2, 0) is 16.4 Å². The van der Waals surface area contributed by atoms with E-state index in [0.717, 1.165) is 29.1 Å². The highest BCUT2D eigenvalue weighted by atomic mass is 79.9. The van der Waals surface area contributed by atoms with Crippen LogP contribution in [0.15, 0.2) is 35.2 Å². The molecule has 0 aliphatic carbocycles. The molecule has 0 bridgehead atoms. The van der Waals surface area contributed by atoms with E-state index in [-0.39, 0.29) is 35.9 Å². The van der Waals surface area contributed by atoms with Crippen molar-refractivity contribution in [3.05, 3.63) is 41.5 Å². The molecule has 6 nitrogen and oxygen atoms in total. The lowest BCUT2D eigenvalue weighted by Crippen LogP contribution is -2.35. The molecule has 0 unspecified atom stereocenters. The van der Waals surface area contributed by atoms with Gasteiger partial charge < -0.3 is 15.3 Å². The highest BCUT2D eigenvalue weighted by Crippen LogP contribution is 2.45. The highest BCUT2D eigenvalue weighted by Gasteiger charge is 2.32. The molecule has 3 N–H and O–H groups in total.